The lowest BCUT2D eigenvalue weighted by Gasteiger charge is -2.33. The molecule has 0 fully saturated rings. The number of rotatable bonds is 0. The number of nitrogens with two attached hydrogens (primary N) is 1. The molecule has 0 aromatic carbocycles. The fourth-order valence-corrected chi connectivity index (χ4v) is 2.02. The Balaban J connectivity index is 2.44. The Hall–Kier alpha value is -0.940. The molecular weight excluding hydrogens is 201 g/mol. The van der Waals surface area contributed by atoms with E-state index in [0.29, 0.717) is 17.1 Å². The zero-order valence-electron chi connectivity index (χ0n) is 7.80. The zero-order chi connectivity index (χ0) is 10.3. The summed E-state index contributed by atoms with van der Waals surface area (Å²) in [5.74, 6) is 0.00343. The molecule has 0 amide bonds. The van der Waals surface area contributed by atoms with Crippen LogP contribution in [-0.2, 0) is 0 Å². The molecule has 0 bridgehead atoms. The molecular formula is C9H12FN3S. The van der Waals surface area contributed by atoms with Gasteiger partial charge in [-0.3, -0.25) is 0 Å². The van der Waals surface area contributed by atoms with E-state index in [-0.39, 0.29) is 11.7 Å². The Morgan fingerprint density at radius 3 is 3.07 bits per heavy atom. The molecule has 76 valence electrons. The Morgan fingerprint density at radius 1 is 1.64 bits per heavy atom. The average Bonchev–Trinajstić information content (AvgIpc) is 2.10. The van der Waals surface area contributed by atoms with Gasteiger partial charge in [-0.25, -0.2) is 4.39 Å². The average molecular weight is 213 g/mol. The fraction of sp³-hybridized carbons (Fsp3) is 0.444. The molecule has 0 saturated heterocycles. The summed E-state index contributed by atoms with van der Waals surface area (Å²) in [6, 6.07) is 0. The molecule has 0 spiro atoms. The van der Waals surface area contributed by atoms with Crippen molar-refractivity contribution in [1.82, 2.24) is 10.6 Å². The van der Waals surface area contributed by atoms with Crippen molar-refractivity contribution in [2.45, 2.75) is 19.5 Å². The third-order valence-electron chi connectivity index (χ3n) is 2.54. The molecule has 5 heteroatoms. The lowest BCUT2D eigenvalue weighted by molar-refractivity contribution is 0.518. The summed E-state index contributed by atoms with van der Waals surface area (Å²) in [7, 11) is 0. The smallest absolute Gasteiger partial charge is 0.172 e. The number of hydrogen-bond donors (Lipinski definition) is 3. The molecule has 2 atom stereocenters. The van der Waals surface area contributed by atoms with Gasteiger partial charge in [0, 0.05) is 17.2 Å². The van der Waals surface area contributed by atoms with Crippen LogP contribution in [0.25, 0.3) is 0 Å². The first-order valence-corrected chi connectivity index (χ1v) is 4.93. The van der Waals surface area contributed by atoms with Crippen LogP contribution in [0.1, 0.15) is 13.3 Å². The van der Waals surface area contributed by atoms with Crippen LogP contribution in [0.15, 0.2) is 23.2 Å². The van der Waals surface area contributed by atoms with E-state index in [1.807, 2.05) is 6.92 Å². The predicted octanol–water partition coefficient (Wildman–Crippen LogP) is 0.896. The first-order valence-electron chi connectivity index (χ1n) is 4.52. The van der Waals surface area contributed by atoms with Crippen molar-refractivity contribution in [2.24, 2.45) is 11.7 Å². The van der Waals surface area contributed by atoms with Crippen molar-refractivity contribution in [3.8, 4) is 0 Å². The standard InChI is InChI=1S/C9H12FN3S/c1-4-2-3-5(10)6-7(4)12-9(14)13-8(6)11/h3-4,8H,2,11H2,1H3,(H2,12,13,14). The van der Waals surface area contributed by atoms with Crippen LogP contribution in [0.3, 0.4) is 0 Å². The van der Waals surface area contributed by atoms with Crippen LogP contribution in [0.2, 0.25) is 0 Å². The van der Waals surface area contributed by atoms with Crippen molar-refractivity contribution in [2.75, 3.05) is 0 Å². The molecule has 1 aliphatic carbocycles. The van der Waals surface area contributed by atoms with Gasteiger partial charge >= 0.3 is 0 Å². The largest absolute Gasteiger partial charge is 0.343 e. The van der Waals surface area contributed by atoms with Gasteiger partial charge in [0.15, 0.2) is 5.11 Å². The normalized spacial score (nSPS) is 31.6. The third-order valence-corrected chi connectivity index (χ3v) is 2.76. The lowest BCUT2D eigenvalue weighted by atomic mass is 9.90. The first kappa shape index (κ1) is 9.61. The summed E-state index contributed by atoms with van der Waals surface area (Å²) < 4.78 is 13.5. The van der Waals surface area contributed by atoms with Gasteiger partial charge in [0.25, 0.3) is 0 Å². The number of halogens is 1. The van der Waals surface area contributed by atoms with Crippen LogP contribution < -0.4 is 16.4 Å². The van der Waals surface area contributed by atoms with E-state index < -0.39 is 6.17 Å². The maximum atomic E-state index is 13.5. The first-order chi connectivity index (χ1) is 6.59. The Kier molecular flexibility index (Phi) is 2.28. The second-order valence-electron chi connectivity index (χ2n) is 3.59. The van der Waals surface area contributed by atoms with Crippen LogP contribution in [0, 0.1) is 5.92 Å². The zero-order valence-corrected chi connectivity index (χ0v) is 8.62. The molecule has 0 radical (unpaired) electrons. The van der Waals surface area contributed by atoms with Gasteiger partial charge in [0.1, 0.15) is 12.0 Å². The minimum absolute atomic E-state index is 0.242. The summed E-state index contributed by atoms with van der Waals surface area (Å²) in [4.78, 5) is 0. The van der Waals surface area contributed by atoms with Crippen LogP contribution in [-0.4, -0.2) is 11.3 Å². The molecule has 0 saturated carbocycles. The number of thiocarbonyl (C=S) groups is 1. The number of hydrogen-bond acceptors (Lipinski definition) is 2. The Bertz CT molecular complexity index is 348. The summed E-state index contributed by atoms with van der Waals surface area (Å²) in [5.41, 5.74) is 7.09. The van der Waals surface area contributed by atoms with Crippen LogP contribution in [0.4, 0.5) is 4.39 Å². The van der Waals surface area contributed by atoms with E-state index >= 15 is 0 Å². The molecule has 2 unspecified atom stereocenters. The second kappa shape index (κ2) is 3.33. The van der Waals surface area contributed by atoms with Gasteiger partial charge in [-0.15, -0.1) is 0 Å². The van der Waals surface area contributed by atoms with Crippen molar-refractivity contribution in [1.29, 1.82) is 0 Å². The van der Waals surface area contributed by atoms with Gasteiger partial charge < -0.3 is 16.4 Å². The van der Waals surface area contributed by atoms with Gasteiger partial charge in [-0.05, 0) is 24.7 Å². The number of allylic oxidation sites excluding steroid dienone is 2. The van der Waals surface area contributed by atoms with Crippen LogP contribution >= 0.6 is 12.2 Å². The monoisotopic (exact) mass is 213 g/mol. The highest BCUT2D eigenvalue weighted by Gasteiger charge is 2.30. The van der Waals surface area contributed by atoms with Gasteiger partial charge in [0.2, 0.25) is 0 Å². The van der Waals surface area contributed by atoms with E-state index in [9.17, 15) is 4.39 Å². The minimum Gasteiger partial charge on any atom is -0.343 e. The summed E-state index contributed by atoms with van der Waals surface area (Å²) >= 11 is 4.96. The summed E-state index contributed by atoms with van der Waals surface area (Å²) in [6.07, 6.45) is 1.73. The molecule has 2 aliphatic rings. The van der Waals surface area contributed by atoms with Gasteiger partial charge in [-0.2, -0.15) is 0 Å². The minimum atomic E-state index is -0.530. The molecule has 0 aromatic heterocycles. The van der Waals surface area contributed by atoms with E-state index in [2.05, 4.69) is 10.6 Å². The molecule has 2 rings (SSSR count). The van der Waals surface area contributed by atoms with Crippen molar-refractivity contribution >= 4 is 17.3 Å². The van der Waals surface area contributed by atoms with E-state index in [4.69, 9.17) is 18.0 Å². The van der Waals surface area contributed by atoms with Gasteiger partial charge in [-0.1, -0.05) is 6.92 Å². The summed E-state index contributed by atoms with van der Waals surface area (Å²) in [6.45, 7) is 2.02. The van der Waals surface area contributed by atoms with E-state index in [1.165, 1.54) is 0 Å². The maximum Gasteiger partial charge on any atom is 0.172 e. The summed E-state index contributed by atoms with van der Waals surface area (Å²) in [5, 5.41) is 6.23. The highest BCUT2D eigenvalue weighted by Crippen LogP contribution is 2.31. The number of nitrogens with one attached hydrogen (secondary N) is 2. The lowest BCUT2D eigenvalue weighted by Crippen LogP contribution is -2.54. The highest BCUT2D eigenvalue weighted by molar-refractivity contribution is 7.80. The van der Waals surface area contributed by atoms with Crippen molar-refractivity contribution in [3.05, 3.63) is 23.2 Å². The molecule has 0 aromatic rings. The highest BCUT2D eigenvalue weighted by atomic mass is 32.1. The molecule has 1 aliphatic heterocycles. The fourth-order valence-electron chi connectivity index (χ4n) is 1.78. The van der Waals surface area contributed by atoms with E-state index in [1.54, 1.807) is 6.08 Å². The van der Waals surface area contributed by atoms with Gasteiger partial charge in [0.05, 0.1) is 0 Å². The third kappa shape index (κ3) is 1.42. The van der Waals surface area contributed by atoms with Crippen molar-refractivity contribution < 1.29 is 4.39 Å². The molecule has 4 N–H and O–H groups in total. The Morgan fingerprint density at radius 2 is 2.36 bits per heavy atom. The molecule has 14 heavy (non-hydrogen) atoms. The maximum absolute atomic E-state index is 13.5. The SMILES string of the molecule is CC1CC=C(F)C2=C1NC(=S)NC2N. The van der Waals surface area contributed by atoms with E-state index in [0.717, 1.165) is 5.70 Å². The molecule has 3 nitrogen and oxygen atoms in total. The van der Waals surface area contributed by atoms with Crippen molar-refractivity contribution in [3.63, 3.8) is 0 Å². The van der Waals surface area contributed by atoms with Crippen LogP contribution in [0.5, 0.6) is 0 Å². The Labute approximate surface area is 87.2 Å². The molecule has 1 heterocycles. The quantitative estimate of drug-likeness (QED) is 0.523. The topological polar surface area (TPSA) is 50.1 Å². The predicted molar refractivity (Wildman–Crippen MR) is 56.8 cm³/mol. The second-order valence-corrected chi connectivity index (χ2v) is 4.00.